The average molecular weight is 422 g/mol. The monoisotopic (exact) mass is 422 g/mol. The van der Waals surface area contributed by atoms with Crippen LogP contribution in [0.1, 0.15) is 37.9 Å². The van der Waals surface area contributed by atoms with Crippen LogP contribution in [0.4, 0.5) is 18.9 Å². The van der Waals surface area contributed by atoms with Crippen molar-refractivity contribution in [3.8, 4) is 0 Å². The van der Waals surface area contributed by atoms with Crippen LogP contribution in [0.3, 0.4) is 0 Å². The molecule has 0 saturated carbocycles. The number of benzene rings is 2. The number of carbonyl (C=O) groups is 2. The standard InChI is InChI=1S/C22H26F3N3O2/c1-4-14-5-7-15(8-6-14)22(13(2)3)27-11-18(29)26-12-19(30)28-17-10-9-16(23)20(24)21(17)25/h5-10,13,22,27H,4,11-12H2,1-3H3,(H,26,29)(H,28,30)/p+1/t22-/m0/s1. The van der Waals surface area contributed by atoms with Crippen molar-refractivity contribution < 1.29 is 28.1 Å². The predicted molar refractivity (Wildman–Crippen MR) is 108 cm³/mol. The molecule has 0 aliphatic carbocycles. The first-order valence-electron chi connectivity index (χ1n) is 9.85. The molecule has 2 amide bonds. The number of nitrogens with two attached hydrogens (primary N) is 1. The Morgan fingerprint density at radius 3 is 2.23 bits per heavy atom. The lowest BCUT2D eigenvalue weighted by Crippen LogP contribution is -2.88. The first-order chi connectivity index (χ1) is 14.2. The molecule has 1 atom stereocenters. The van der Waals surface area contributed by atoms with Gasteiger partial charge in [0.1, 0.15) is 6.04 Å². The van der Waals surface area contributed by atoms with Gasteiger partial charge in [-0.1, -0.05) is 45.0 Å². The molecule has 0 bridgehead atoms. The molecule has 2 aromatic carbocycles. The summed E-state index contributed by atoms with van der Waals surface area (Å²) in [5.74, 6) is -5.34. The summed E-state index contributed by atoms with van der Waals surface area (Å²) in [5.41, 5.74) is 1.86. The molecule has 0 aliphatic rings. The van der Waals surface area contributed by atoms with Gasteiger partial charge in [-0.2, -0.15) is 0 Å². The molecule has 0 aliphatic heterocycles. The third-order valence-electron chi connectivity index (χ3n) is 4.80. The molecule has 0 spiro atoms. The van der Waals surface area contributed by atoms with Crippen LogP contribution in [-0.2, 0) is 16.0 Å². The highest BCUT2D eigenvalue weighted by molar-refractivity contribution is 5.94. The van der Waals surface area contributed by atoms with Crippen LogP contribution in [0.25, 0.3) is 0 Å². The maximum atomic E-state index is 13.6. The Morgan fingerprint density at radius 1 is 0.967 bits per heavy atom. The van der Waals surface area contributed by atoms with E-state index in [1.54, 1.807) is 0 Å². The van der Waals surface area contributed by atoms with Gasteiger partial charge in [0.05, 0.1) is 12.2 Å². The normalized spacial score (nSPS) is 12.0. The van der Waals surface area contributed by atoms with Crippen molar-refractivity contribution in [2.45, 2.75) is 33.2 Å². The van der Waals surface area contributed by atoms with Crippen LogP contribution in [0.15, 0.2) is 36.4 Å². The van der Waals surface area contributed by atoms with E-state index < -0.39 is 35.6 Å². The van der Waals surface area contributed by atoms with Crippen LogP contribution in [0.2, 0.25) is 0 Å². The predicted octanol–water partition coefficient (Wildman–Crippen LogP) is 2.68. The summed E-state index contributed by atoms with van der Waals surface area (Å²) < 4.78 is 39.7. The van der Waals surface area contributed by atoms with E-state index in [2.05, 4.69) is 55.7 Å². The largest absolute Gasteiger partial charge is 0.342 e. The second-order valence-electron chi connectivity index (χ2n) is 7.35. The smallest absolute Gasteiger partial charge is 0.275 e. The number of aryl methyl sites for hydroxylation is 1. The molecular formula is C22H27F3N3O2+. The Hall–Kier alpha value is -2.87. The summed E-state index contributed by atoms with van der Waals surface area (Å²) in [4.78, 5) is 24.0. The highest BCUT2D eigenvalue weighted by Crippen LogP contribution is 2.20. The average Bonchev–Trinajstić information content (AvgIpc) is 2.73. The molecule has 2 rings (SSSR count). The van der Waals surface area contributed by atoms with Crippen molar-refractivity contribution in [3.05, 3.63) is 65.0 Å². The van der Waals surface area contributed by atoms with E-state index in [1.807, 2.05) is 5.32 Å². The molecule has 2 aromatic rings. The SMILES string of the molecule is CCc1ccc([C@@H]([NH2+]CC(=O)NCC(=O)Nc2ccc(F)c(F)c2F)C(C)C)cc1. The molecule has 162 valence electrons. The molecule has 0 fully saturated rings. The van der Waals surface area contributed by atoms with Gasteiger partial charge in [-0.15, -0.1) is 0 Å². The Labute approximate surface area is 174 Å². The van der Waals surface area contributed by atoms with E-state index in [0.29, 0.717) is 6.07 Å². The Morgan fingerprint density at radius 2 is 1.63 bits per heavy atom. The third kappa shape index (κ3) is 6.32. The van der Waals surface area contributed by atoms with E-state index in [0.717, 1.165) is 18.1 Å². The van der Waals surface area contributed by atoms with Gasteiger partial charge >= 0.3 is 0 Å². The van der Waals surface area contributed by atoms with Crippen LogP contribution in [-0.4, -0.2) is 24.9 Å². The number of quaternary nitrogens is 1. The van der Waals surface area contributed by atoms with Gasteiger partial charge in [-0.05, 0) is 24.1 Å². The number of amides is 2. The summed E-state index contributed by atoms with van der Waals surface area (Å²) in [6.45, 7) is 5.91. The van der Waals surface area contributed by atoms with Gasteiger partial charge in [0.2, 0.25) is 5.91 Å². The molecule has 0 radical (unpaired) electrons. The second-order valence-corrected chi connectivity index (χ2v) is 7.35. The minimum Gasteiger partial charge on any atom is -0.342 e. The summed E-state index contributed by atoms with van der Waals surface area (Å²) in [5, 5.41) is 6.44. The van der Waals surface area contributed by atoms with Crippen molar-refractivity contribution in [2.24, 2.45) is 5.92 Å². The Kier molecular flexibility index (Phi) is 8.41. The van der Waals surface area contributed by atoms with Crippen molar-refractivity contribution in [1.82, 2.24) is 5.32 Å². The molecule has 0 heterocycles. The number of halogens is 3. The van der Waals surface area contributed by atoms with E-state index in [4.69, 9.17) is 0 Å². The summed E-state index contributed by atoms with van der Waals surface area (Å²) in [6.07, 6.45) is 0.954. The van der Waals surface area contributed by atoms with Gasteiger partial charge in [-0.25, -0.2) is 13.2 Å². The Balaban J connectivity index is 1.85. The lowest BCUT2D eigenvalue weighted by atomic mass is 9.95. The maximum Gasteiger partial charge on any atom is 0.275 e. The molecule has 0 saturated heterocycles. The van der Waals surface area contributed by atoms with E-state index in [1.165, 1.54) is 5.56 Å². The molecule has 8 heteroatoms. The summed E-state index contributed by atoms with van der Waals surface area (Å²) in [6, 6.07) is 9.95. The molecule has 4 N–H and O–H groups in total. The van der Waals surface area contributed by atoms with Crippen molar-refractivity contribution in [3.63, 3.8) is 0 Å². The lowest BCUT2D eigenvalue weighted by Gasteiger charge is -2.19. The highest BCUT2D eigenvalue weighted by Gasteiger charge is 2.21. The molecule has 0 aromatic heterocycles. The van der Waals surface area contributed by atoms with Crippen molar-refractivity contribution >= 4 is 17.5 Å². The number of rotatable bonds is 9. The third-order valence-corrected chi connectivity index (χ3v) is 4.80. The zero-order valence-electron chi connectivity index (χ0n) is 17.3. The number of nitrogens with one attached hydrogen (secondary N) is 2. The van der Waals surface area contributed by atoms with Gasteiger partial charge in [-0.3, -0.25) is 9.59 Å². The van der Waals surface area contributed by atoms with Crippen LogP contribution in [0, 0.1) is 23.4 Å². The molecule has 0 unspecified atom stereocenters. The van der Waals surface area contributed by atoms with Crippen molar-refractivity contribution in [2.75, 3.05) is 18.4 Å². The minimum absolute atomic E-state index is 0.0757. The van der Waals surface area contributed by atoms with Gasteiger partial charge in [0, 0.05) is 11.5 Å². The second kappa shape index (κ2) is 10.8. The van der Waals surface area contributed by atoms with Crippen LogP contribution in [0.5, 0.6) is 0 Å². The first-order valence-corrected chi connectivity index (χ1v) is 9.85. The fourth-order valence-electron chi connectivity index (χ4n) is 3.07. The zero-order chi connectivity index (χ0) is 22.3. The maximum absolute atomic E-state index is 13.6. The van der Waals surface area contributed by atoms with Crippen LogP contribution >= 0.6 is 0 Å². The summed E-state index contributed by atoms with van der Waals surface area (Å²) >= 11 is 0. The number of carbonyl (C=O) groups excluding carboxylic acids is 2. The summed E-state index contributed by atoms with van der Waals surface area (Å²) in [7, 11) is 0. The van der Waals surface area contributed by atoms with Gasteiger partial charge in [0.25, 0.3) is 5.91 Å². The van der Waals surface area contributed by atoms with E-state index in [-0.39, 0.29) is 24.4 Å². The number of anilines is 1. The highest BCUT2D eigenvalue weighted by atomic mass is 19.2. The zero-order valence-corrected chi connectivity index (χ0v) is 17.3. The minimum atomic E-state index is -1.67. The quantitative estimate of drug-likeness (QED) is 0.544. The fourth-order valence-corrected chi connectivity index (χ4v) is 3.07. The first kappa shape index (κ1) is 23.4. The molecular weight excluding hydrogens is 395 g/mol. The van der Waals surface area contributed by atoms with E-state index >= 15 is 0 Å². The van der Waals surface area contributed by atoms with Gasteiger partial charge < -0.3 is 16.0 Å². The number of hydrogen-bond acceptors (Lipinski definition) is 2. The van der Waals surface area contributed by atoms with Crippen molar-refractivity contribution in [1.29, 1.82) is 0 Å². The fraction of sp³-hybridized carbons (Fsp3) is 0.364. The number of hydrogen-bond donors (Lipinski definition) is 3. The Bertz CT molecular complexity index is 886. The molecule has 5 nitrogen and oxygen atoms in total. The van der Waals surface area contributed by atoms with Gasteiger partial charge in [0.15, 0.2) is 24.0 Å². The van der Waals surface area contributed by atoms with E-state index in [9.17, 15) is 22.8 Å². The van der Waals surface area contributed by atoms with Crippen LogP contribution < -0.4 is 16.0 Å². The lowest BCUT2D eigenvalue weighted by molar-refractivity contribution is -0.692. The topological polar surface area (TPSA) is 74.8 Å². The molecule has 30 heavy (non-hydrogen) atoms.